The van der Waals surface area contributed by atoms with E-state index in [2.05, 4.69) is 38.3 Å². The van der Waals surface area contributed by atoms with Crippen molar-refractivity contribution in [3.63, 3.8) is 0 Å². The first kappa shape index (κ1) is 21.7. The molecule has 0 unspecified atom stereocenters. The average Bonchev–Trinajstić information content (AvgIpc) is 2.65. The monoisotopic (exact) mass is 400 g/mol. The Morgan fingerprint density at radius 1 is 0.893 bits per heavy atom. The highest BCUT2D eigenvalue weighted by molar-refractivity contribution is 7.80. The minimum absolute atomic E-state index is 0.198. The second kappa shape index (κ2) is 10.7. The van der Waals surface area contributed by atoms with Crippen molar-refractivity contribution >= 4 is 28.9 Å². The van der Waals surface area contributed by atoms with Crippen LogP contribution in [0.5, 0.6) is 11.5 Å². The first-order valence-corrected chi connectivity index (χ1v) is 9.83. The fraction of sp³-hybridized carbons (Fsp3) is 0.364. The molecule has 0 fully saturated rings. The van der Waals surface area contributed by atoms with Crippen molar-refractivity contribution in [1.29, 1.82) is 0 Å². The Morgan fingerprint density at radius 2 is 1.43 bits per heavy atom. The quantitative estimate of drug-likeness (QED) is 0.618. The van der Waals surface area contributed by atoms with Gasteiger partial charge in [-0.25, -0.2) is 0 Å². The highest BCUT2D eigenvalue weighted by atomic mass is 32.1. The minimum atomic E-state index is -0.322. The van der Waals surface area contributed by atoms with E-state index >= 15 is 0 Å². The zero-order chi connectivity index (χ0) is 20.5. The van der Waals surface area contributed by atoms with Gasteiger partial charge in [-0.05, 0) is 48.3 Å². The topological polar surface area (TPSA) is 59.6 Å². The van der Waals surface area contributed by atoms with Crippen molar-refractivity contribution in [3.05, 3.63) is 54.1 Å². The molecule has 0 saturated carbocycles. The summed E-state index contributed by atoms with van der Waals surface area (Å²) in [5.41, 5.74) is 1.15. The lowest BCUT2D eigenvalue weighted by Gasteiger charge is -2.16. The summed E-state index contributed by atoms with van der Waals surface area (Å²) in [6.07, 6.45) is 0. The number of hydrogen-bond acceptors (Lipinski definition) is 4. The maximum absolute atomic E-state index is 12.7. The molecule has 2 aromatic carbocycles. The molecule has 5 nitrogen and oxygen atoms in total. The second-order valence-corrected chi connectivity index (χ2v) is 7.72. The summed E-state index contributed by atoms with van der Waals surface area (Å²) in [7, 11) is 0. The van der Waals surface area contributed by atoms with Crippen molar-refractivity contribution in [3.8, 4) is 11.5 Å². The lowest BCUT2D eigenvalue weighted by molar-refractivity contribution is 0.0973. The summed E-state index contributed by atoms with van der Waals surface area (Å²) in [6.45, 7) is 9.41. The number of ether oxygens (including phenoxy) is 2. The van der Waals surface area contributed by atoms with Crippen molar-refractivity contribution in [1.82, 2.24) is 5.32 Å². The van der Waals surface area contributed by atoms with E-state index in [-0.39, 0.29) is 11.0 Å². The van der Waals surface area contributed by atoms with E-state index in [1.165, 1.54) is 0 Å². The fourth-order valence-corrected chi connectivity index (χ4v) is 2.52. The van der Waals surface area contributed by atoms with Crippen molar-refractivity contribution in [2.75, 3.05) is 18.5 Å². The number of carbonyl (C=O) groups excluding carboxylic acids is 1. The Balaban J connectivity index is 2.03. The maximum Gasteiger partial charge on any atom is 0.261 e. The Kier molecular flexibility index (Phi) is 8.26. The molecule has 0 heterocycles. The molecule has 0 aliphatic carbocycles. The normalized spacial score (nSPS) is 10.6. The molecular formula is C22H28N2O3S. The molecule has 150 valence electrons. The zero-order valence-electron chi connectivity index (χ0n) is 16.8. The number of anilines is 1. The lowest BCUT2D eigenvalue weighted by Crippen LogP contribution is -2.34. The van der Waals surface area contributed by atoms with Gasteiger partial charge in [-0.2, -0.15) is 0 Å². The van der Waals surface area contributed by atoms with Crippen LogP contribution in [-0.4, -0.2) is 24.2 Å². The number of amides is 1. The largest absolute Gasteiger partial charge is 0.492 e. The zero-order valence-corrected chi connectivity index (χ0v) is 17.6. The highest BCUT2D eigenvalue weighted by Crippen LogP contribution is 2.24. The van der Waals surface area contributed by atoms with E-state index in [1.807, 2.05) is 30.3 Å². The van der Waals surface area contributed by atoms with Crippen molar-refractivity contribution in [2.45, 2.75) is 27.7 Å². The van der Waals surface area contributed by atoms with Gasteiger partial charge in [-0.3, -0.25) is 10.1 Å². The molecule has 0 aliphatic heterocycles. The van der Waals surface area contributed by atoms with Crippen LogP contribution in [0.1, 0.15) is 38.1 Å². The lowest BCUT2D eigenvalue weighted by atomic mass is 10.2. The smallest absolute Gasteiger partial charge is 0.261 e. The average molecular weight is 401 g/mol. The van der Waals surface area contributed by atoms with Crippen LogP contribution < -0.4 is 20.1 Å². The number of rotatable bonds is 8. The predicted molar refractivity (Wildman–Crippen MR) is 117 cm³/mol. The first-order valence-electron chi connectivity index (χ1n) is 9.42. The number of nitrogens with one attached hydrogen (secondary N) is 2. The SMILES string of the molecule is CC(C)COc1ccccc1NC(=S)NC(=O)c1ccccc1OCC(C)C. The molecule has 28 heavy (non-hydrogen) atoms. The summed E-state index contributed by atoms with van der Waals surface area (Å²) in [4.78, 5) is 12.7. The van der Waals surface area contributed by atoms with Crippen LogP contribution in [0.25, 0.3) is 0 Å². The van der Waals surface area contributed by atoms with E-state index in [0.717, 1.165) is 0 Å². The van der Waals surface area contributed by atoms with E-state index in [9.17, 15) is 4.79 Å². The van der Waals surface area contributed by atoms with Gasteiger partial charge in [0.1, 0.15) is 11.5 Å². The van der Waals surface area contributed by atoms with Crippen LogP contribution in [0.15, 0.2) is 48.5 Å². The third kappa shape index (κ3) is 6.85. The van der Waals surface area contributed by atoms with Crippen LogP contribution in [0.3, 0.4) is 0 Å². The van der Waals surface area contributed by atoms with Crippen molar-refractivity contribution < 1.29 is 14.3 Å². The van der Waals surface area contributed by atoms with Gasteiger partial charge in [-0.15, -0.1) is 0 Å². The molecule has 2 N–H and O–H groups in total. The van der Waals surface area contributed by atoms with E-state index in [1.54, 1.807) is 18.2 Å². The molecule has 0 radical (unpaired) electrons. The van der Waals surface area contributed by atoms with Gasteiger partial charge in [0.25, 0.3) is 5.91 Å². The van der Waals surface area contributed by atoms with Gasteiger partial charge in [0, 0.05) is 0 Å². The Labute approximate surface area is 172 Å². The third-order valence-corrected chi connectivity index (χ3v) is 3.84. The number of para-hydroxylation sites is 3. The maximum atomic E-state index is 12.7. The standard InChI is InChI=1S/C22H28N2O3S/c1-15(2)13-26-19-11-7-5-9-17(19)21(25)24-22(28)23-18-10-6-8-12-20(18)27-14-16(3)4/h5-12,15-16H,13-14H2,1-4H3,(H2,23,24,25,28). The summed E-state index contributed by atoms with van der Waals surface area (Å²) in [6, 6.07) is 14.6. The highest BCUT2D eigenvalue weighted by Gasteiger charge is 2.15. The molecule has 2 aromatic rings. The van der Waals surface area contributed by atoms with Gasteiger partial charge in [0.2, 0.25) is 0 Å². The number of carbonyl (C=O) groups is 1. The first-order chi connectivity index (χ1) is 13.4. The molecule has 0 saturated heterocycles. The molecule has 0 aromatic heterocycles. The molecule has 0 aliphatic rings. The predicted octanol–water partition coefficient (Wildman–Crippen LogP) is 4.88. The van der Waals surface area contributed by atoms with Gasteiger partial charge in [0.15, 0.2) is 5.11 Å². The minimum Gasteiger partial charge on any atom is -0.492 e. The molecule has 0 bridgehead atoms. The number of hydrogen-bond donors (Lipinski definition) is 2. The summed E-state index contributed by atoms with van der Waals surface area (Å²) in [5, 5.41) is 5.95. The van der Waals surface area contributed by atoms with Crippen LogP contribution >= 0.6 is 12.2 Å². The molecule has 6 heteroatoms. The van der Waals surface area contributed by atoms with Gasteiger partial charge in [0.05, 0.1) is 24.5 Å². The van der Waals surface area contributed by atoms with Gasteiger partial charge in [-0.1, -0.05) is 52.0 Å². The summed E-state index contributed by atoms with van der Waals surface area (Å²) >= 11 is 5.32. The van der Waals surface area contributed by atoms with E-state index in [0.29, 0.717) is 47.8 Å². The number of benzene rings is 2. The Hall–Kier alpha value is -2.60. The molecule has 0 atom stereocenters. The van der Waals surface area contributed by atoms with Crippen LogP contribution in [0.2, 0.25) is 0 Å². The van der Waals surface area contributed by atoms with Crippen LogP contribution in [0, 0.1) is 11.8 Å². The molecular weight excluding hydrogens is 372 g/mol. The van der Waals surface area contributed by atoms with Crippen LogP contribution in [-0.2, 0) is 0 Å². The Morgan fingerprint density at radius 3 is 2.07 bits per heavy atom. The van der Waals surface area contributed by atoms with Gasteiger partial charge < -0.3 is 14.8 Å². The third-order valence-electron chi connectivity index (χ3n) is 3.64. The van der Waals surface area contributed by atoms with Crippen molar-refractivity contribution in [2.24, 2.45) is 11.8 Å². The van der Waals surface area contributed by atoms with Gasteiger partial charge >= 0.3 is 0 Å². The van der Waals surface area contributed by atoms with E-state index < -0.39 is 0 Å². The fourth-order valence-electron chi connectivity index (χ4n) is 2.31. The molecule has 2 rings (SSSR count). The summed E-state index contributed by atoms with van der Waals surface area (Å²) < 4.78 is 11.6. The van der Waals surface area contributed by atoms with Crippen LogP contribution in [0.4, 0.5) is 5.69 Å². The van der Waals surface area contributed by atoms with E-state index in [4.69, 9.17) is 21.7 Å². The number of thiocarbonyl (C=S) groups is 1. The summed E-state index contributed by atoms with van der Waals surface area (Å²) in [5.74, 6) is 1.67. The Bertz CT molecular complexity index is 806. The second-order valence-electron chi connectivity index (χ2n) is 7.31. The molecule has 1 amide bonds. The molecule has 0 spiro atoms.